The number of amides is 1. The van der Waals surface area contributed by atoms with Crippen LogP contribution in [0.2, 0.25) is 0 Å². The average molecular weight is 236 g/mol. The molecule has 0 radical (unpaired) electrons. The zero-order chi connectivity index (χ0) is 12.3. The second-order valence-corrected chi connectivity index (χ2v) is 3.60. The van der Waals surface area contributed by atoms with E-state index in [0.717, 1.165) is 0 Å². The van der Waals surface area contributed by atoms with Crippen molar-refractivity contribution in [2.24, 2.45) is 7.05 Å². The van der Waals surface area contributed by atoms with E-state index in [-0.39, 0.29) is 18.3 Å². The van der Waals surface area contributed by atoms with Crippen molar-refractivity contribution < 1.29 is 14.3 Å². The number of aromatic nitrogens is 2. The average Bonchev–Trinajstić information content (AvgIpc) is 2.70. The number of nitriles is 1. The van der Waals surface area contributed by atoms with Gasteiger partial charge in [0.25, 0.3) is 5.91 Å². The minimum Gasteiger partial charge on any atom is -0.376 e. The largest absolute Gasteiger partial charge is 0.376 e. The van der Waals surface area contributed by atoms with Gasteiger partial charge in [-0.2, -0.15) is 10.4 Å². The van der Waals surface area contributed by atoms with E-state index in [1.54, 1.807) is 7.05 Å². The zero-order valence-electron chi connectivity index (χ0n) is 9.34. The van der Waals surface area contributed by atoms with E-state index < -0.39 is 6.10 Å². The number of anilines is 1. The zero-order valence-corrected chi connectivity index (χ0v) is 9.34. The molecule has 0 saturated carbocycles. The Morgan fingerprint density at radius 3 is 3.18 bits per heavy atom. The maximum absolute atomic E-state index is 11.8. The van der Waals surface area contributed by atoms with Crippen LogP contribution in [0.25, 0.3) is 0 Å². The van der Waals surface area contributed by atoms with Crippen LogP contribution in [-0.4, -0.2) is 41.6 Å². The van der Waals surface area contributed by atoms with E-state index in [0.29, 0.717) is 18.8 Å². The fourth-order valence-electron chi connectivity index (χ4n) is 1.50. The Labute approximate surface area is 97.9 Å². The topological polar surface area (TPSA) is 89.2 Å². The molecule has 7 nitrogen and oxygen atoms in total. The van der Waals surface area contributed by atoms with Crippen LogP contribution in [0.3, 0.4) is 0 Å². The van der Waals surface area contributed by atoms with Crippen LogP contribution in [0, 0.1) is 11.3 Å². The molecule has 17 heavy (non-hydrogen) atoms. The van der Waals surface area contributed by atoms with Crippen molar-refractivity contribution >= 4 is 11.7 Å². The van der Waals surface area contributed by atoms with E-state index >= 15 is 0 Å². The second-order valence-electron chi connectivity index (χ2n) is 3.60. The van der Waals surface area contributed by atoms with Crippen LogP contribution in [0.1, 0.15) is 5.56 Å². The fourth-order valence-corrected chi connectivity index (χ4v) is 1.50. The molecule has 2 rings (SSSR count). The lowest BCUT2D eigenvalue weighted by Gasteiger charge is -2.21. The van der Waals surface area contributed by atoms with Crippen molar-refractivity contribution in [3.05, 3.63) is 11.8 Å². The molecule has 0 aromatic carbocycles. The van der Waals surface area contributed by atoms with Crippen LogP contribution in [0.5, 0.6) is 0 Å². The Hall–Kier alpha value is -1.91. The normalized spacial score (nSPS) is 19.6. The van der Waals surface area contributed by atoms with Crippen LogP contribution in [0.15, 0.2) is 6.20 Å². The van der Waals surface area contributed by atoms with Gasteiger partial charge in [0.05, 0.1) is 19.8 Å². The van der Waals surface area contributed by atoms with Crippen LogP contribution in [-0.2, 0) is 21.3 Å². The van der Waals surface area contributed by atoms with Crippen LogP contribution in [0.4, 0.5) is 5.82 Å². The summed E-state index contributed by atoms with van der Waals surface area (Å²) in [6.07, 6.45) is 0.894. The highest BCUT2D eigenvalue weighted by Crippen LogP contribution is 2.12. The first-order valence-electron chi connectivity index (χ1n) is 5.14. The molecule has 1 atom stereocenters. The monoisotopic (exact) mass is 236 g/mol. The molecule has 7 heteroatoms. The summed E-state index contributed by atoms with van der Waals surface area (Å²) in [5, 5.41) is 15.4. The van der Waals surface area contributed by atoms with E-state index in [1.807, 2.05) is 6.07 Å². The molecular formula is C10H12N4O3. The van der Waals surface area contributed by atoms with Gasteiger partial charge in [-0.25, -0.2) is 0 Å². The Morgan fingerprint density at radius 2 is 2.53 bits per heavy atom. The molecule has 1 N–H and O–H groups in total. The van der Waals surface area contributed by atoms with Crippen molar-refractivity contribution in [2.75, 3.05) is 25.1 Å². The van der Waals surface area contributed by atoms with Gasteiger partial charge in [0.15, 0.2) is 11.9 Å². The maximum Gasteiger partial charge on any atom is 0.257 e. The van der Waals surface area contributed by atoms with E-state index in [1.165, 1.54) is 10.9 Å². The summed E-state index contributed by atoms with van der Waals surface area (Å²) >= 11 is 0. The fraction of sp³-hybridized carbons (Fsp3) is 0.500. The molecule has 0 aliphatic carbocycles. The second kappa shape index (κ2) is 4.95. The van der Waals surface area contributed by atoms with Gasteiger partial charge in [-0.1, -0.05) is 0 Å². The summed E-state index contributed by atoms with van der Waals surface area (Å²) in [5.74, 6) is -0.103. The highest BCUT2D eigenvalue weighted by atomic mass is 16.6. The van der Waals surface area contributed by atoms with Gasteiger partial charge in [0.1, 0.15) is 11.6 Å². The summed E-state index contributed by atoms with van der Waals surface area (Å²) in [5.41, 5.74) is 0.317. The molecule has 0 bridgehead atoms. The molecule has 1 unspecified atom stereocenters. The van der Waals surface area contributed by atoms with Gasteiger partial charge in [-0.3, -0.25) is 9.48 Å². The number of aryl methyl sites for hydroxylation is 1. The third-order valence-corrected chi connectivity index (χ3v) is 2.30. The molecule has 1 fully saturated rings. The Bertz CT molecular complexity index is 457. The third kappa shape index (κ3) is 2.61. The first kappa shape index (κ1) is 11.6. The minimum atomic E-state index is -0.641. The number of hydrogen-bond acceptors (Lipinski definition) is 5. The predicted molar refractivity (Wildman–Crippen MR) is 57.1 cm³/mol. The van der Waals surface area contributed by atoms with Crippen LogP contribution < -0.4 is 5.32 Å². The van der Waals surface area contributed by atoms with Gasteiger partial charge in [0.2, 0.25) is 0 Å². The van der Waals surface area contributed by atoms with E-state index in [4.69, 9.17) is 14.7 Å². The van der Waals surface area contributed by atoms with Crippen molar-refractivity contribution in [3.8, 4) is 6.07 Å². The molecule has 1 aromatic heterocycles. The first-order chi connectivity index (χ1) is 8.20. The number of ether oxygens (including phenoxy) is 2. The lowest BCUT2D eigenvalue weighted by molar-refractivity contribution is -0.142. The molecule has 1 amide bonds. The Kier molecular flexibility index (Phi) is 3.37. The Morgan fingerprint density at radius 1 is 1.71 bits per heavy atom. The molecule has 1 aliphatic heterocycles. The summed E-state index contributed by atoms with van der Waals surface area (Å²) in [7, 11) is 1.68. The molecule has 1 aromatic rings. The molecular weight excluding hydrogens is 224 g/mol. The first-order valence-corrected chi connectivity index (χ1v) is 5.14. The van der Waals surface area contributed by atoms with Crippen molar-refractivity contribution in [1.82, 2.24) is 9.78 Å². The maximum atomic E-state index is 11.8. The highest BCUT2D eigenvalue weighted by Gasteiger charge is 2.24. The summed E-state index contributed by atoms with van der Waals surface area (Å²) in [6, 6.07) is 1.95. The SMILES string of the molecule is Cn1cc(C#N)c(NC(=O)C2COCCO2)n1. The lowest BCUT2D eigenvalue weighted by atomic mass is 10.3. The number of nitrogens with zero attached hydrogens (tertiary/aromatic N) is 3. The van der Waals surface area contributed by atoms with E-state index in [2.05, 4.69) is 10.4 Å². The standard InChI is InChI=1S/C10H12N4O3/c1-14-5-7(4-11)9(13-14)12-10(15)8-6-16-2-3-17-8/h5,8H,2-3,6H2,1H3,(H,12,13,15). The third-order valence-electron chi connectivity index (χ3n) is 2.30. The smallest absolute Gasteiger partial charge is 0.257 e. The molecule has 2 heterocycles. The summed E-state index contributed by atoms with van der Waals surface area (Å²) < 4.78 is 11.8. The van der Waals surface area contributed by atoms with Crippen LogP contribution >= 0.6 is 0 Å². The van der Waals surface area contributed by atoms with Crippen molar-refractivity contribution in [3.63, 3.8) is 0 Å². The lowest BCUT2D eigenvalue weighted by Crippen LogP contribution is -2.39. The molecule has 0 spiro atoms. The quantitative estimate of drug-likeness (QED) is 0.757. The number of hydrogen-bond donors (Lipinski definition) is 1. The molecule has 1 saturated heterocycles. The summed E-state index contributed by atoms with van der Waals surface area (Å²) in [4.78, 5) is 11.8. The predicted octanol–water partition coefficient (Wildman–Crippen LogP) is -0.354. The number of carbonyl (C=O) groups excluding carboxylic acids is 1. The van der Waals surface area contributed by atoms with Gasteiger partial charge in [-0.05, 0) is 0 Å². The van der Waals surface area contributed by atoms with Gasteiger partial charge >= 0.3 is 0 Å². The number of rotatable bonds is 2. The van der Waals surface area contributed by atoms with Gasteiger partial charge in [-0.15, -0.1) is 0 Å². The highest BCUT2D eigenvalue weighted by molar-refractivity contribution is 5.94. The molecule has 90 valence electrons. The van der Waals surface area contributed by atoms with Gasteiger partial charge < -0.3 is 14.8 Å². The number of nitrogens with one attached hydrogen (secondary N) is 1. The van der Waals surface area contributed by atoms with Gasteiger partial charge in [0, 0.05) is 13.2 Å². The number of carbonyl (C=O) groups is 1. The molecule has 1 aliphatic rings. The van der Waals surface area contributed by atoms with E-state index in [9.17, 15) is 4.79 Å². The van der Waals surface area contributed by atoms with Crippen molar-refractivity contribution in [1.29, 1.82) is 5.26 Å². The van der Waals surface area contributed by atoms with Crippen molar-refractivity contribution in [2.45, 2.75) is 6.10 Å². The summed E-state index contributed by atoms with van der Waals surface area (Å²) in [6.45, 7) is 1.11. The Balaban J connectivity index is 2.04. The minimum absolute atomic E-state index is 0.223.